The third-order valence-electron chi connectivity index (χ3n) is 4.26. The summed E-state index contributed by atoms with van der Waals surface area (Å²) in [7, 11) is 0. The average Bonchev–Trinajstić information content (AvgIpc) is 3.06. The second-order valence-electron chi connectivity index (χ2n) is 5.89. The molecule has 0 atom stereocenters. The summed E-state index contributed by atoms with van der Waals surface area (Å²) < 4.78 is 0. The highest BCUT2D eigenvalue weighted by Gasteiger charge is 2.08. The van der Waals surface area contributed by atoms with Crippen LogP contribution < -0.4 is 27.9 Å². The number of carbonyl (C=O) groups is 1. The molecule has 0 aliphatic carbocycles. The summed E-state index contributed by atoms with van der Waals surface area (Å²) in [5, 5.41) is 5.76. The van der Waals surface area contributed by atoms with Gasteiger partial charge in [-0.3, -0.25) is 0 Å². The Balaban J connectivity index is 0.00000243. The van der Waals surface area contributed by atoms with Gasteiger partial charge in [0.05, 0.1) is 17.4 Å². The predicted molar refractivity (Wildman–Crippen MR) is 103 cm³/mol. The molecule has 0 saturated carbocycles. The minimum absolute atomic E-state index is 0. The number of aromatic nitrogens is 2. The van der Waals surface area contributed by atoms with E-state index < -0.39 is 0 Å². The van der Waals surface area contributed by atoms with E-state index in [0.29, 0.717) is 5.69 Å². The summed E-state index contributed by atoms with van der Waals surface area (Å²) in [6.45, 7) is 8.18. The molecule has 2 amide bonds. The molecule has 0 aliphatic heterocycles. The summed E-state index contributed by atoms with van der Waals surface area (Å²) in [6, 6.07) is 11.4. The van der Waals surface area contributed by atoms with Crippen LogP contribution in [0.5, 0.6) is 0 Å². The van der Waals surface area contributed by atoms with Crippen LogP contribution in [0.2, 0.25) is 0 Å². The van der Waals surface area contributed by atoms with Crippen LogP contribution in [0, 0.1) is 6.92 Å². The molecule has 0 unspecified atom stereocenters. The first-order valence-electron chi connectivity index (χ1n) is 8.47. The molecule has 0 radical (unpaired) electrons. The van der Waals surface area contributed by atoms with Crippen LogP contribution in [0.3, 0.4) is 0 Å². The molecule has 6 nitrogen and oxygen atoms in total. The van der Waals surface area contributed by atoms with Crippen molar-refractivity contribution in [2.75, 3.05) is 28.6 Å². The molecule has 26 heavy (non-hydrogen) atoms. The number of urea groups is 1. The maximum Gasteiger partial charge on any atom is 0.323 e. The number of nitrogens with one attached hydrogen (secondary N) is 3. The lowest BCUT2D eigenvalue weighted by Crippen LogP contribution is -3.00. The van der Waals surface area contributed by atoms with Gasteiger partial charge in [0.15, 0.2) is 0 Å². The van der Waals surface area contributed by atoms with Crippen LogP contribution >= 0.6 is 0 Å². The Bertz CT molecular complexity index is 889. The first-order valence-corrected chi connectivity index (χ1v) is 8.47. The van der Waals surface area contributed by atoms with Crippen molar-refractivity contribution < 1.29 is 17.2 Å². The van der Waals surface area contributed by atoms with Crippen molar-refractivity contribution in [1.82, 2.24) is 9.97 Å². The average molecular weight is 373 g/mol. The molecular weight excluding hydrogens is 350 g/mol. The van der Waals surface area contributed by atoms with E-state index in [0.717, 1.165) is 41.1 Å². The van der Waals surface area contributed by atoms with Crippen LogP contribution in [0.25, 0.3) is 11.0 Å². The van der Waals surface area contributed by atoms with E-state index in [-0.39, 0.29) is 18.4 Å². The molecular formula is C19H23ClN5O-. The zero-order chi connectivity index (χ0) is 17.8. The smallest absolute Gasteiger partial charge is 0.323 e. The Hall–Kier alpha value is -2.73. The Kier molecular flexibility index (Phi) is 6.46. The number of anilines is 3. The topological polar surface area (TPSA) is 73.1 Å². The van der Waals surface area contributed by atoms with Gasteiger partial charge in [-0.15, -0.1) is 0 Å². The fourth-order valence-electron chi connectivity index (χ4n) is 2.87. The van der Waals surface area contributed by atoms with Crippen molar-refractivity contribution in [1.29, 1.82) is 0 Å². The standard InChI is InChI=1S/C19H23N5O.ClH/c1-4-24(5-2)15-7-9-16(13(3)10-15)23-19(25)22-14-6-8-17-18(11-14)21-12-20-17;/h6-12H,4-5H2,1-3H3,(H,20,21)(H2,22,23,25);1H/p-1. The largest absolute Gasteiger partial charge is 1.00 e. The number of hydrogen-bond acceptors (Lipinski definition) is 3. The number of H-pyrrole nitrogens is 1. The molecule has 0 fully saturated rings. The molecule has 0 saturated heterocycles. The fourth-order valence-corrected chi connectivity index (χ4v) is 2.87. The summed E-state index contributed by atoms with van der Waals surface area (Å²) in [5.74, 6) is 0. The number of imidazole rings is 1. The van der Waals surface area contributed by atoms with Crippen LogP contribution in [0.15, 0.2) is 42.7 Å². The molecule has 138 valence electrons. The molecule has 0 aliphatic rings. The van der Waals surface area contributed by atoms with Crippen molar-refractivity contribution in [2.24, 2.45) is 0 Å². The molecule has 3 aromatic rings. The lowest BCUT2D eigenvalue weighted by molar-refractivity contribution is -0.00000820. The normalized spacial score (nSPS) is 10.3. The number of fused-ring (bicyclic) bond motifs is 1. The van der Waals surface area contributed by atoms with Gasteiger partial charge in [-0.1, -0.05) is 0 Å². The highest BCUT2D eigenvalue weighted by molar-refractivity contribution is 6.01. The monoisotopic (exact) mass is 372 g/mol. The van der Waals surface area contributed by atoms with Gasteiger partial charge >= 0.3 is 6.03 Å². The second-order valence-corrected chi connectivity index (χ2v) is 5.89. The third kappa shape index (κ3) is 4.26. The number of aryl methyl sites for hydroxylation is 1. The van der Waals surface area contributed by atoms with Gasteiger partial charge in [-0.05, 0) is 62.7 Å². The van der Waals surface area contributed by atoms with Crippen LogP contribution in [0.4, 0.5) is 21.9 Å². The molecule has 1 heterocycles. The van der Waals surface area contributed by atoms with Gasteiger partial charge < -0.3 is 32.9 Å². The van der Waals surface area contributed by atoms with E-state index in [1.165, 1.54) is 0 Å². The summed E-state index contributed by atoms with van der Waals surface area (Å²) in [5.41, 5.74) is 5.47. The fraction of sp³-hybridized carbons (Fsp3) is 0.263. The minimum atomic E-state index is -0.266. The number of hydrogen-bond donors (Lipinski definition) is 3. The zero-order valence-electron chi connectivity index (χ0n) is 15.1. The summed E-state index contributed by atoms with van der Waals surface area (Å²) >= 11 is 0. The quantitative estimate of drug-likeness (QED) is 0.633. The summed E-state index contributed by atoms with van der Waals surface area (Å²) in [4.78, 5) is 21.8. The molecule has 0 bridgehead atoms. The second kappa shape index (κ2) is 8.58. The Morgan fingerprint density at radius 2 is 1.88 bits per heavy atom. The van der Waals surface area contributed by atoms with Gasteiger partial charge in [0.2, 0.25) is 0 Å². The van der Waals surface area contributed by atoms with Crippen LogP contribution in [-0.4, -0.2) is 29.1 Å². The van der Waals surface area contributed by atoms with Gasteiger partial charge in [-0.2, -0.15) is 0 Å². The van der Waals surface area contributed by atoms with E-state index >= 15 is 0 Å². The number of aromatic amines is 1. The van der Waals surface area contributed by atoms with Gasteiger partial charge in [0.25, 0.3) is 0 Å². The first-order chi connectivity index (χ1) is 12.1. The predicted octanol–water partition coefficient (Wildman–Crippen LogP) is 1.37. The van der Waals surface area contributed by atoms with Gasteiger partial charge in [-0.25, -0.2) is 9.78 Å². The Morgan fingerprint density at radius 3 is 2.58 bits per heavy atom. The van der Waals surface area contributed by atoms with E-state index in [2.05, 4.69) is 45.4 Å². The Morgan fingerprint density at radius 1 is 1.12 bits per heavy atom. The van der Waals surface area contributed by atoms with E-state index in [1.807, 2.05) is 37.3 Å². The van der Waals surface area contributed by atoms with Crippen LogP contribution in [-0.2, 0) is 0 Å². The number of halogens is 1. The maximum atomic E-state index is 12.3. The minimum Gasteiger partial charge on any atom is -1.00 e. The summed E-state index contributed by atoms with van der Waals surface area (Å²) in [6.07, 6.45) is 1.63. The van der Waals surface area contributed by atoms with E-state index in [9.17, 15) is 4.79 Å². The Labute approximate surface area is 159 Å². The molecule has 2 aromatic carbocycles. The van der Waals surface area contributed by atoms with Crippen molar-refractivity contribution in [3.05, 3.63) is 48.3 Å². The van der Waals surface area contributed by atoms with Gasteiger partial charge in [0, 0.05) is 30.2 Å². The number of rotatable bonds is 5. The SMILES string of the molecule is CCN(CC)c1ccc(NC(=O)Nc2ccc3nc[nH]c3c2)c(C)c1.[Cl-]. The molecule has 3 rings (SSSR count). The lowest BCUT2D eigenvalue weighted by Gasteiger charge is -2.22. The first kappa shape index (κ1) is 19.6. The number of amides is 2. The highest BCUT2D eigenvalue weighted by atomic mass is 35.5. The van der Waals surface area contributed by atoms with Crippen LogP contribution in [0.1, 0.15) is 19.4 Å². The zero-order valence-corrected chi connectivity index (χ0v) is 15.9. The number of nitrogens with zero attached hydrogens (tertiary/aromatic N) is 2. The van der Waals surface area contributed by atoms with Crippen molar-refractivity contribution in [3.63, 3.8) is 0 Å². The van der Waals surface area contributed by atoms with E-state index in [1.54, 1.807) is 6.33 Å². The molecule has 0 spiro atoms. The lowest BCUT2D eigenvalue weighted by atomic mass is 10.1. The number of benzene rings is 2. The third-order valence-corrected chi connectivity index (χ3v) is 4.26. The van der Waals surface area contributed by atoms with Crippen molar-refractivity contribution in [3.8, 4) is 0 Å². The molecule has 1 aromatic heterocycles. The number of carbonyl (C=O) groups excluding carboxylic acids is 1. The maximum absolute atomic E-state index is 12.3. The molecule has 7 heteroatoms. The highest BCUT2D eigenvalue weighted by Crippen LogP contribution is 2.23. The van der Waals surface area contributed by atoms with E-state index in [4.69, 9.17) is 0 Å². The molecule has 3 N–H and O–H groups in total. The van der Waals surface area contributed by atoms with Gasteiger partial charge in [0.1, 0.15) is 0 Å². The van der Waals surface area contributed by atoms with Crippen molar-refractivity contribution in [2.45, 2.75) is 20.8 Å². The van der Waals surface area contributed by atoms with Crippen molar-refractivity contribution >= 4 is 34.1 Å².